The lowest BCUT2D eigenvalue weighted by molar-refractivity contribution is -0.129. The lowest BCUT2D eigenvalue weighted by Gasteiger charge is -2.29. The molecule has 3 heterocycles. The highest BCUT2D eigenvalue weighted by Crippen LogP contribution is 2.33. The fraction of sp³-hybridized carbons (Fsp3) is 0.318. The molecular formula is C22H24N4O4S. The minimum atomic E-state index is 0.0541. The van der Waals surface area contributed by atoms with Gasteiger partial charge in [0.05, 0.1) is 20.0 Å². The maximum Gasteiger partial charge on any atom is 0.233 e. The molecule has 0 saturated heterocycles. The topological polar surface area (TPSA) is 93.5 Å². The number of amides is 1. The van der Waals surface area contributed by atoms with Gasteiger partial charge in [0.2, 0.25) is 11.1 Å². The Morgan fingerprint density at radius 1 is 1.23 bits per heavy atom. The minimum Gasteiger partial charge on any atom is -0.493 e. The van der Waals surface area contributed by atoms with Gasteiger partial charge < -0.3 is 18.8 Å². The van der Waals surface area contributed by atoms with Crippen molar-refractivity contribution >= 4 is 29.8 Å². The fourth-order valence-electron chi connectivity index (χ4n) is 3.41. The van der Waals surface area contributed by atoms with Gasteiger partial charge in [-0.15, -0.1) is 5.10 Å². The summed E-state index contributed by atoms with van der Waals surface area (Å²) in [6.45, 7) is 3.12. The Bertz CT molecular complexity index is 1100. The molecule has 9 heteroatoms. The second-order valence-corrected chi connectivity index (χ2v) is 8.06. The Labute approximate surface area is 184 Å². The third-order valence-electron chi connectivity index (χ3n) is 5.04. The number of ether oxygens (including phenoxy) is 2. The van der Waals surface area contributed by atoms with Crippen LogP contribution in [0.2, 0.25) is 0 Å². The van der Waals surface area contributed by atoms with Gasteiger partial charge in [-0.2, -0.15) is 0 Å². The normalized spacial score (nSPS) is 13.5. The van der Waals surface area contributed by atoms with Crippen molar-refractivity contribution in [2.24, 2.45) is 0 Å². The van der Waals surface area contributed by atoms with Crippen molar-refractivity contribution in [3.05, 3.63) is 52.7 Å². The van der Waals surface area contributed by atoms with Crippen molar-refractivity contribution in [2.45, 2.75) is 25.0 Å². The quantitative estimate of drug-likeness (QED) is 0.561. The average molecular weight is 441 g/mol. The third kappa shape index (κ3) is 4.93. The van der Waals surface area contributed by atoms with E-state index < -0.39 is 0 Å². The summed E-state index contributed by atoms with van der Waals surface area (Å²) in [4.78, 5) is 19.0. The maximum atomic E-state index is 12.7. The van der Waals surface area contributed by atoms with Gasteiger partial charge in [-0.1, -0.05) is 11.8 Å². The van der Waals surface area contributed by atoms with Crippen molar-refractivity contribution < 1.29 is 18.7 Å². The Morgan fingerprint density at radius 2 is 2.00 bits per heavy atom. The van der Waals surface area contributed by atoms with Gasteiger partial charge in [0, 0.05) is 13.1 Å². The number of nitrogens with one attached hydrogen (secondary N) is 1. The summed E-state index contributed by atoms with van der Waals surface area (Å²) in [5.74, 6) is 3.93. The molecule has 4 rings (SSSR count). The summed E-state index contributed by atoms with van der Waals surface area (Å²) < 4.78 is 16.3. The molecule has 1 N–H and O–H groups in total. The largest absolute Gasteiger partial charge is 0.493 e. The Kier molecular flexibility index (Phi) is 6.31. The molecule has 0 saturated carbocycles. The van der Waals surface area contributed by atoms with Crippen LogP contribution in [0.5, 0.6) is 11.5 Å². The summed E-state index contributed by atoms with van der Waals surface area (Å²) in [6, 6.07) is 7.74. The van der Waals surface area contributed by atoms with Crippen LogP contribution in [0.15, 0.2) is 33.8 Å². The Balaban J connectivity index is 1.33. The molecule has 8 nitrogen and oxygen atoms in total. The number of aryl methyl sites for hydroxylation is 1. The summed E-state index contributed by atoms with van der Waals surface area (Å²) in [6.07, 6.45) is 4.40. The number of benzene rings is 1. The molecular weight excluding hydrogens is 416 g/mol. The molecule has 1 amide bonds. The van der Waals surface area contributed by atoms with Gasteiger partial charge in [0.25, 0.3) is 0 Å². The molecule has 31 heavy (non-hydrogen) atoms. The molecule has 0 aliphatic carbocycles. The fourth-order valence-corrected chi connectivity index (χ4v) is 4.12. The van der Waals surface area contributed by atoms with Crippen LogP contribution in [0.1, 0.15) is 28.5 Å². The van der Waals surface area contributed by atoms with Gasteiger partial charge in [0.15, 0.2) is 11.5 Å². The zero-order chi connectivity index (χ0) is 21.8. The summed E-state index contributed by atoms with van der Waals surface area (Å²) in [5.41, 5.74) is 2.27. The Hall–Kier alpha value is -3.20. The van der Waals surface area contributed by atoms with E-state index >= 15 is 0 Å². The molecule has 0 spiro atoms. The highest BCUT2D eigenvalue weighted by atomic mass is 32.2. The van der Waals surface area contributed by atoms with Crippen LogP contribution in [0.4, 0.5) is 0 Å². The van der Waals surface area contributed by atoms with Crippen molar-refractivity contribution in [2.75, 3.05) is 26.5 Å². The monoisotopic (exact) mass is 440 g/mol. The van der Waals surface area contributed by atoms with E-state index in [0.29, 0.717) is 35.6 Å². The molecule has 0 atom stereocenters. The van der Waals surface area contributed by atoms with Gasteiger partial charge in [-0.3, -0.25) is 9.89 Å². The lowest BCUT2D eigenvalue weighted by atomic mass is 9.99. The first-order valence-corrected chi connectivity index (χ1v) is 10.9. The van der Waals surface area contributed by atoms with E-state index in [9.17, 15) is 4.79 Å². The van der Waals surface area contributed by atoms with Crippen molar-refractivity contribution in [1.29, 1.82) is 0 Å². The first-order chi connectivity index (χ1) is 15.1. The second kappa shape index (κ2) is 9.30. The summed E-state index contributed by atoms with van der Waals surface area (Å²) >= 11 is 1.32. The van der Waals surface area contributed by atoms with Gasteiger partial charge in [-0.25, -0.2) is 4.98 Å². The van der Waals surface area contributed by atoms with Crippen molar-refractivity contribution in [3.8, 4) is 11.5 Å². The first-order valence-electron chi connectivity index (χ1n) is 9.87. The molecule has 0 unspecified atom stereocenters. The molecule has 3 aromatic rings. The molecule has 162 valence electrons. The van der Waals surface area contributed by atoms with Crippen LogP contribution in [-0.4, -0.2) is 52.5 Å². The number of aromatic amines is 1. The van der Waals surface area contributed by atoms with E-state index in [1.807, 2.05) is 42.2 Å². The van der Waals surface area contributed by atoms with Crippen LogP contribution >= 0.6 is 11.8 Å². The SMILES string of the molecule is COc1cc2c(cc1OC)CN(C(=O)CSc1n[nH]c(/C=C/c3ccc(C)o3)n1)CC2. The number of aromatic nitrogens is 3. The molecule has 1 aliphatic rings. The third-order valence-corrected chi connectivity index (χ3v) is 5.88. The molecule has 0 fully saturated rings. The standard InChI is InChI=1S/C22H24N4O4S/c1-14-4-5-17(30-14)6-7-20-23-22(25-24-20)31-13-21(27)26-9-8-15-10-18(28-2)19(29-3)11-16(15)12-26/h4-7,10-11H,8-9,12-13H2,1-3H3,(H,23,24,25)/b7-6+. The predicted molar refractivity (Wildman–Crippen MR) is 118 cm³/mol. The van der Waals surface area contributed by atoms with Crippen LogP contribution in [-0.2, 0) is 17.8 Å². The second-order valence-electron chi connectivity index (χ2n) is 7.11. The smallest absolute Gasteiger partial charge is 0.233 e. The number of hydrogen-bond donors (Lipinski definition) is 1. The number of carbonyl (C=O) groups excluding carboxylic acids is 1. The van der Waals surface area contributed by atoms with Crippen LogP contribution in [0, 0.1) is 6.92 Å². The zero-order valence-electron chi connectivity index (χ0n) is 17.7. The van der Waals surface area contributed by atoms with E-state index in [1.165, 1.54) is 17.3 Å². The number of hydrogen-bond acceptors (Lipinski definition) is 7. The molecule has 1 aromatic carbocycles. The lowest BCUT2D eigenvalue weighted by Crippen LogP contribution is -2.37. The molecule has 0 bridgehead atoms. The van der Waals surface area contributed by atoms with Crippen LogP contribution in [0.3, 0.4) is 0 Å². The van der Waals surface area contributed by atoms with E-state index in [1.54, 1.807) is 20.3 Å². The number of carbonyl (C=O) groups is 1. The highest BCUT2D eigenvalue weighted by molar-refractivity contribution is 7.99. The van der Waals surface area contributed by atoms with Crippen molar-refractivity contribution in [3.63, 3.8) is 0 Å². The predicted octanol–water partition coefficient (Wildman–Crippen LogP) is 3.57. The van der Waals surface area contributed by atoms with E-state index in [4.69, 9.17) is 13.9 Å². The molecule has 2 aromatic heterocycles. The van der Waals surface area contributed by atoms with E-state index in [2.05, 4.69) is 15.2 Å². The number of furan rings is 1. The number of fused-ring (bicyclic) bond motifs is 1. The minimum absolute atomic E-state index is 0.0541. The molecule has 1 aliphatic heterocycles. The zero-order valence-corrected chi connectivity index (χ0v) is 18.5. The van der Waals surface area contributed by atoms with Crippen molar-refractivity contribution in [1.82, 2.24) is 20.1 Å². The molecule has 0 radical (unpaired) electrons. The first kappa shape index (κ1) is 21.0. The number of rotatable bonds is 7. The van der Waals surface area contributed by atoms with Crippen LogP contribution in [0.25, 0.3) is 12.2 Å². The van der Waals surface area contributed by atoms with Gasteiger partial charge in [0.1, 0.15) is 17.3 Å². The number of thioether (sulfide) groups is 1. The average Bonchev–Trinajstić information content (AvgIpc) is 3.43. The van der Waals surface area contributed by atoms with Crippen LogP contribution < -0.4 is 9.47 Å². The number of methoxy groups -OCH3 is 2. The maximum absolute atomic E-state index is 12.7. The highest BCUT2D eigenvalue weighted by Gasteiger charge is 2.23. The summed E-state index contributed by atoms with van der Waals surface area (Å²) in [5, 5.41) is 7.57. The van der Waals surface area contributed by atoms with E-state index in [-0.39, 0.29) is 11.7 Å². The number of nitrogens with zero attached hydrogens (tertiary/aromatic N) is 3. The van der Waals surface area contributed by atoms with E-state index in [0.717, 1.165) is 23.5 Å². The Morgan fingerprint density at radius 3 is 2.71 bits per heavy atom. The van der Waals surface area contributed by atoms with Gasteiger partial charge in [-0.05, 0) is 60.9 Å². The number of H-pyrrole nitrogens is 1. The summed E-state index contributed by atoms with van der Waals surface area (Å²) in [7, 11) is 3.24. The van der Waals surface area contributed by atoms with Gasteiger partial charge >= 0.3 is 0 Å².